The van der Waals surface area contributed by atoms with Gasteiger partial charge in [-0.3, -0.25) is 0 Å². The molecule has 2 aromatic heterocycles. The van der Waals surface area contributed by atoms with E-state index < -0.39 is 5.82 Å². The van der Waals surface area contributed by atoms with Crippen molar-refractivity contribution in [1.82, 2.24) is 20.1 Å². The van der Waals surface area contributed by atoms with Crippen LogP contribution in [-0.4, -0.2) is 26.7 Å². The fourth-order valence-electron chi connectivity index (χ4n) is 1.38. The molecule has 0 saturated heterocycles. The molecule has 0 fully saturated rings. The lowest BCUT2D eigenvalue weighted by atomic mass is 10.5. The summed E-state index contributed by atoms with van der Waals surface area (Å²) in [4.78, 5) is 11.9. The van der Waals surface area contributed by atoms with Crippen LogP contribution in [0.4, 0.5) is 16.2 Å². The van der Waals surface area contributed by atoms with Gasteiger partial charge in [-0.25, -0.2) is 9.37 Å². The monoisotopic (exact) mass is 266 g/mol. The highest BCUT2D eigenvalue weighted by Crippen LogP contribution is 2.12. The van der Waals surface area contributed by atoms with E-state index in [0.29, 0.717) is 17.7 Å². The maximum Gasteiger partial charge on any atom is 0.245 e. The third-order valence-electron chi connectivity index (χ3n) is 2.25. The molecule has 0 aromatic carbocycles. The van der Waals surface area contributed by atoms with Crippen molar-refractivity contribution >= 4 is 11.8 Å². The minimum absolute atomic E-state index is 0.101. The van der Waals surface area contributed by atoms with Crippen molar-refractivity contribution in [2.24, 2.45) is 0 Å². The third kappa shape index (κ3) is 3.60. The molecule has 0 aliphatic carbocycles. The Labute approximate surface area is 109 Å². The summed E-state index contributed by atoms with van der Waals surface area (Å²) < 4.78 is 18.4. The van der Waals surface area contributed by atoms with Crippen LogP contribution in [0.25, 0.3) is 0 Å². The quantitative estimate of drug-likeness (QED) is 0.823. The molecule has 19 heavy (non-hydrogen) atoms. The van der Waals surface area contributed by atoms with Gasteiger partial charge < -0.3 is 15.2 Å². The Morgan fingerprint density at radius 1 is 1.32 bits per heavy atom. The molecule has 102 valence electrons. The highest BCUT2D eigenvalue weighted by molar-refractivity contribution is 5.40. The predicted molar refractivity (Wildman–Crippen MR) is 67.1 cm³/mol. The SMILES string of the molecule is CCCNc1ncc(F)c(NCc2nc(C)no2)n1. The summed E-state index contributed by atoms with van der Waals surface area (Å²) in [6.45, 7) is 4.68. The summed E-state index contributed by atoms with van der Waals surface area (Å²) in [6, 6.07) is 0. The fraction of sp³-hybridized carbons (Fsp3) is 0.455. The van der Waals surface area contributed by atoms with Gasteiger partial charge in [0.15, 0.2) is 17.5 Å². The molecule has 0 aliphatic rings. The van der Waals surface area contributed by atoms with Gasteiger partial charge in [0.25, 0.3) is 0 Å². The molecule has 0 saturated carbocycles. The molecular formula is C11H15FN6O. The largest absolute Gasteiger partial charge is 0.358 e. The van der Waals surface area contributed by atoms with Gasteiger partial charge in [0.05, 0.1) is 12.7 Å². The van der Waals surface area contributed by atoms with Crippen LogP contribution in [-0.2, 0) is 6.54 Å². The second-order valence-electron chi connectivity index (χ2n) is 3.91. The van der Waals surface area contributed by atoms with Gasteiger partial charge in [-0.15, -0.1) is 0 Å². The van der Waals surface area contributed by atoms with Crippen LogP contribution in [0.15, 0.2) is 10.7 Å². The first-order valence-corrected chi connectivity index (χ1v) is 5.98. The summed E-state index contributed by atoms with van der Waals surface area (Å²) in [6.07, 6.45) is 2.05. The van der Waals surface area contributed by atoms with E-state index in [4.69, 9.17) is 4.52 Å². The lowest BCUT2D eigenvalue weighted by molar-refractivity contribution is 0.379. The normalized spacial score (nSPS) is 10.5. The van der Waals surface area contributed by atoms with Gasteiger partial charge in [-0.2, -0.15) is 9.97 Å². The predicted octanol–water partition coefficient (Wildman–Crippen LogP) is 1.74. The Morgan fingerprint density at radius 2 is 2.16 bits per heavy atom. The molecule has 8 heteroatoms. The zero-order chi connectivity index (χ0) is 13.7. The lowest BCUT2D eigenvalue weighted by Gasteiger charge is -2.07. The number of aryl methyl sites for hydroxylation is 1. The molecular weight excluding hydrogens is 251 g/mol. The van der Waals surface area contributed by atoms with E-state index in [2.05, 4.69) is 30.7 Å². The van der Waals surface area contributed by atoms with E-state index in [-0.39, 0.29) is 12.4 Å². The Bertz CT molecular complexity index is 544. The molecule has 0 amide bonds. The van der Waals surface area contributed by atoms with Crippen LogP contribution in [0, 0.1) is 12.7 Å². The standard InChI is InChI=1S/C11H15FN6O/c1-3-4-13-11-15-5-8(12)10(17-11)14-6-9-16-7(2)18-19-9/h5H,3-4,6H2,1-2H3,(H2,13,14,15,17). The minimum atomic E-state index is -0.529. The molecule has 0 unspecified atom stereocenters. The van der Waals surface area contributed by atoms with Gasteiger partial charge in [0.2, 0.25) is 11.8 Å². The fourth-order valence-corrected chi connectivity index (χ4v) is 1.38. The molecule has 2 rings (SSSR count). The Morgan fingerprint density at radius 3 is 2.84 bits per heavy atom. The zero-order valence-electron chi connectivity index (χ0n) is 10.8. The molecule has 2 aromatic rings. The molecule has 7 nitrogen and oxygen atoms in total. The maximum absolute atomic E-state index is 13.5. The van der Waals surface area contributed by atoms with Gasteiger partial charge in [0.1, 0.15) is 0 Å². The van der Waals surface area contributed by atoms with Crippen molar-refractivity contribution < 1.29 is 8.91 Å². The smallest absolute Gasteiger partial charge is 0.245 e. The van der Waals surface area contributed by atoms with E-state index >= 15 is 0 Å². The number of nitrogens with zero attached hydrogens (tertiary/aromatic N) is 4. The van der Waals surface area contributed by atoms with E-state index in [1.54, 1.807) is 6.92 Å². The third-order valence-corrected chi connectivity index (χ3v) is 2.25. The second kappa shape index (κ2) is 6.07. The van der Waals surface area contributed by atoms with Crippen LogP contribution < -0.4 is 10.6 Å². The summed E-state index contributed by atoms with van der Waals surface area (Å²) in [5.41, 5.74) is 0. The maximum atomic E-state index is 13.5. The van der Waals surface area contributed by atoms with E-state index in [0.717, 1.165) is 19.2 Å². The summed E-state index contributed by atoms with van der Waals surface area (Å²) in [7, 11) is 0. The van der Waals surface area contributed by atoms with Crippen LogP contribution in [0.5, 0.6) is 0 Å². The molecule has 0 bridgehead atoms. The van der Waals surface area contributed by atoms with Crippen molar-refractivity contribution in [2.45, 2.75) is 26.8 Å². The van der Waals surface area contributed by atoms with E-state index in [1.807, 2.05) is 6.92 Å². The Hall–Kier alpha value is -2.25. The molecule has 0 spiro atoms. The number of rotatable bonds is 6. The van der Waals surface area contributed by atoms with Gasteiger partial charge in [-0.05, 0) is 13.3 Å². The number of anilines is 2. The number of halogens is 1. The number of hydrogen-bond donors (Lipinski definition) is 2. The molecule has 0 radical (unpaired) electrons. The highest BCUT2D eigenvalue weighted by Gasteiger charge is 2.08. The second-order valence-corrected chi connectivity index (χ2v) is 3.91. The first-order valence-electron chi connectivity index (χ1n) is 5.98. The number of hydrogen-bond acceptors (Lipinski definition) is 7. The Kier molecular flexibility index (Phi) is 4.22. The zero-order valence-corrected chi connectivity index (χ0v) is 10.8. The summed E-state index contributed by atoms with van der Waals surface area (Å²) in [5, 5.41) is 9.43. The topological polar surface area (TPSA) is 88.8 Å². The average Bonchev–Trinajstić information content (AvgIpc) is 2.82. The van der Waals surface area contributed by atoms with Gasteiger partial charge >= 0.3 is 0 Å². The van der Waals surface area contributed by atoms with Crippen LogP contribution >= 0.6 is 0 Å². The van der Waals surface area contributed by atoms with E-state index in [9.17, 15) is 4.39 Å². The molecule has 0 aliphatic heterocycles. The average molecular weight is 266 g/mol. The van der Waals surface area contributed by atoms with Crippen molar-refractivity contribution in [3.63, 3.8) is 0 Å². The minimum Gasteiger partial charge on any atom is -0.358 e. The highest BCUT2D eigenvalue weighted by atomic mass is 19.1. The Balaban J connectivity index is 2.02. The van der Waals surface area contributed by atoms with Crippen molar-refractivity contribution in [2.75, 3.05) is 17.2 Å². The van der Waals surface area contributed by atoms with Crippen molar-refractivity contribution in [3.8, 4) is 0 Å². The molecule has 2 heterocycles. The van der Waals surface area contributed by atoms with E-state index in [1.165, 1.54) is 0 Å². The summed E-state index contributed by atoms with van der Waals surface area (Å²) >= 11 is 0. The van der Waals surface area contributed by atoms with Crippen LogP contribution in [0.1, 0.15) is 25.1 Å². The number of nitrogens with one attached hydrogen (secondary N) is 2. The molecule has 2 N–H and O–H groups in total. The first kappa shape index (κ1) is 13.2. The van der Waals surface area contributed by atoms with Crippen molar-refractivity contribution in [3.05, 3.63) is 23.7 Å². The van der Waals surface area contributed by atoms with Gasteiger partial charge in [0, 0.05) is 6.54 Å². The lowest BCUT2D eigenvalue weighted by Crippen LogP contribution is -2.09. The first-order chi connectivity index (χ1) is 9.19. The van der Waals surface area contributed by atoms with Crippen LogP contribution in [0.2, 0.25) is 0 Å². The van der Waals surface area contributed by atoms with Crippen molar-refractivity contribution in [1.29, 1.82) is 0 Å². The van der Waals surface area contributed by atoms with Gasteiger partial charge in [-0.1, -0.05) is 12.1 Å². The molecule has 0 atom stereocenters. The van der Waals surface area contributed by atoms with Crippen LogP contribution in [0.3, 0.4) is 0 Å². The summed E-state index contributed by atoms with van der Waals surface area (Å²) in [5.74, 6) is 0.860. The number of aromatic nitrogens is 4.